The molecular formula is C19H26N2O4. The molecule has 1 amide bonds. The molecular weight excluding hydrogens is 320 g/mol. The summed E-state index contributed by atoms with van der Waals surface area (Å²) in [5, 5.41) is 8.82. The van der Waals surface area contributed by atoms with Gasteiger partial charge in [-0.15, -0.1) is 0 Å². The van der Waals surface area contributed by atoms with Crippen LogP contribution in [-0.4, -0.2) is 50.2 Å². The molecule has 1 aromatic rings. The number of nitriles is 1. The number of carbonyl (C=O) groups excluding carboxylic acids is 2. The summed E-state index contributed by atoms with van der Waals surface area (Å²) in [5.74, 6) is -0.920. The third-order valence-electron chi connectivity index (χ3n) is 3.76. The van der Waals surface area contributed by atoms with Crippen LogP contribution in [-0.2, 0) is 20.7 Å². The monoisotopic (exact) mass is 346 g/mol. The van der Waals surface area contributed by atoms with Gasteiger partial charge in [0.2, 0.25) is 0 Å². The number of hydrogen-bond donors (Lipinski definition) is 0. The predicted octanol–water partition coefficient (Wildman–Crippen LogP) is 2.43. The highest BCUT2D eigenvalue weighted by Crippen LogP contribution is 2.12. The van der Waals surface area contributed by atoms with Crippen molar-refractivity contribution in [1.29, 1.82) is 5.26 Å². The van der Waals surface area contributed by atoms with E-state index in [9.17, 15) is 9.59 Å². The van der Waals surface area contributed by atoms with Gasteiger partial charge in [-0.3, -0.25) is 9.59 Å². The normalized spacial score (nSPS) is 11.4. The van der Waals surface area contributed by atoms with Gasteiger partial charge in [-0.25, -0.2) is 0 Å². The topological polar surface area (TPSA) is 79.6 Å². The largest absolute Gasteiger partial charge is 0.469 e. The fraction of sp³-hybridized carbons (Fsp3) is 0.526. The number of hydrogen-bond acceptors (Lipinski definition) is 5. The summed E-state index contributed by atoms with van der Waals surface area (Å²) in [6.07, 6.45) is 0.940. The van der Waals surface area contributed by atoms with Crippen molar-refractivity contribution in [3.63, 3.8) is 0 Å². The maximum atomic E-state index is 12.9. The van der Waals surface area contributed by atoms with Gasteiger partial charge in [0.25, 0.3) is 5.91 Å². The van der Waals surface area contributed by atoms with E-state index in [0.717, 1.165) is 5.56 Å². The zero-order valence-electron chi connectivity index (χ0n) is 15.2. The molecule has 0 bridgehead atoms. The first-order valence-electron chi connectivity index (χ1n) is 8.44. The van der Waals surface area contributed by atoms with Crippen LogP contribution in [0.25, 0.3) is 0 Å². The van der Waals surface area contributed by atoms with E-state index in [4.69, 9.17) is 14.7 Å². The van der Waals surface area contributed by atoms with Crippen LogP contribution in [0.2, 0.25) is 0 Å². The molecule has 0 N–H and O–H groups in total. The van der Waals surface area contributed by atoms with Crippen molar-refractivity contribution in [2.24, 2.45) is 5.92 Å². The number of carbonyl (C=O) groups is 2. The molecule has 0 aliphatic carbocycles. The first-order chi connectivity index (χ1) is 12.0. The molecule has 0 aromatic heterocycles. The van der Waals surface area contributed by atoms with E-state index in [1.165, 1.54) is 7.11 Å². The summed E-state index contributed by atoms with van der Waals surface area (Å²) in [6.45, 7) is 5.61. The average molecular weight is 346 g/mol. The van der Waals surface area contributed by atoms with Gasteiger partial charge in [0, 0.05) is 31.9 Å². The molecule has 25 heavy (non-hydrogen) atoms. The molecule has 6 heteroatoms. The van der Waals surface area contributed by atoms with Crippen molar-refractivity contribution in [2.75, 3.05) is 33.4 Å². The maximum absolute atomic E-state index is 12.9. The highest BCUT2D eigenvalue weighted by molar-refractivity contribution is 5.94. The molecule has 1 aromatic carbocycles. The van der Waals surface area contributed by atoms with Crippen LogP contribution in [0, 0.1) is 17.2 Å². The number of rotatable bonds is 10. The van der Waals surface area contributed by atoms with Gasteiger partial charge in [0.15, 0.2) is 0 Å². The van der Waals surface area contributed by atoms with E-state index < -0.39 is 5.92 Å². The third-order valence-corrected chi connectivity index (χ3v) is 3.76. The summed E-state index contributed by atoms with van der Waals surface area (Å²) < 4.78 is 10.1. The lowest BCUT2D eigenvalue weighted by atomic mass is 10.1. The summed E-state index contributed by atoms with van der Waals surface area (Å²) in [6, 6.07) is 9.11. The van der Waals surface area contributed by atoms with Crippen LogP contribution in [0.4, 0.5) is 0 Å². The molecule has 0 saturated carbocycles. The molecule has 0 heterocycles. The Hall–Kier alpha value is -2.39. The molecule has 0 saturated heterocycles. The van der Waals surface area contributed by atoms with Crippen LogP contribution >= 0.6 is 0 Å². The Labute approximate surface area is 149 Å². The molecule has 0 fully saturated rings. The van der Waals surface area contributed by atoms with Crippen LogP contribution < -0.4 is 0 Å². The van der Waals surface area contributed by atoms with E-state index in [1.807, 2.05) is 13.0 Å². The Balaban J connectivity index is 2.88. The molecule has 1 atom stereocenters. The van der Waals surface area contributed by atoms with E-state index in [0.29, 0.717) is 31.7 Å². The number of esters is 1. The van der Waals surface area contributed by atoms with E-state index in [2.05, 4.69) is 6.07 Å². The van der Waals surface area contributed by atoms with E-state index in [-0.39, 0.29) is 24.8 Å². The minimum atomic E-state index is -0.414. The number of nitrogens with zero attached hydrogens (tertiary/aromatic N) is 2. The second-order valence-corrected chi connectivity index (χ2v) is 5.76. The Morgan fingerprint density at radius 2 is 2.12 bits per heavy atom. The maximum Gasteiger partial charge on any atom is 0.310 e. The predicted molar refractivity (Wildman–Crippen MR) is 94.0 cm³/mol. The summed E-state index contributed by atoms with van der Waals surface area (Å²) >= 11 is 0. The van der Waals surface area contributed by atoms with Gasteiger partial charge in [-0.2, -0.15) is 5.26 Å². The average Bonchev–Trinajstić information content (AvgIpc) is 2.63. The van der Waals surface area contributed by atoms with E-state index in [1.54, 1.807) is 30.0 Å². The number of methoxy groups -OCH3 is 1. The molecule has 0 unspecified atom stereocenters. The van der Waals surface area contributed by atoms with Crippen LogP contribution in [0.3, 0.4) is 0 Å². The van der Waals surface area contributed by atoms with Gasteiger partial charge >= 0.3 is 5.97 Å². The third kappa shape index (κ3) is 6.94. The van der Waals surface area contributed by atoms with Crippen molar-refractivity contribution in [3.05, 3.63) is 35.4 Å². The second-order valence-electron chi connectivity index (χ2n) is 5.76. The summed E-state index contributed by atoms with van der Waals surface area (Å²) in [4.78, 5) is 26.2. The van der Waals surface area contributed by atoms with Gasteiger partial charge in [0.05, 0.1) is 25.5 Å². The van der Waals surface area contributed by atoms with Crippen molar-refractivity contribution in [3.8, 4) is 6.07 Å². The lowest BCUT2D eigenvalue weighted by molar-refractivity contribution is -0.145. The van der Waals surface area contributed by atoms with Gasteiger partial charge in [0.1, 0.15) is 0 Å². The lowest BCUT2D eigenvalue weighted by Crippen LogP contribution is -2.38. The number of amides is 1. The molecule has 1 rings (SSSR count). The standard InChI is InChI=1S/C19H26N2O4/c1-4-25-12-6-11-21(14-15(2)19(23)24-3)18(22)17-8-5-7-16(13-17)9-10-20/h5,7-8,13,15H,4,6,9,11-12,14H2,1-3H3/t15-/m1/s1. The minimum Gasteiger partial charge on any atom is -0.469 e. The Morgan fingerprint density at radius 3 is 2.76 bits per heavy atom. The fourth-order valence-corrected chi connectivity index (χ4v) is 2.47. The van der Waals surface area contributed by atoms with Crippen molar-refractivity contribution < 1.29 is 19.1 Å². The van der Waals surface area contributed by atoms with Crippen molar-refractivity contribution in [1.82, 2.24) is 4.90 Å². The molecule has 136 valence electrons. The van der Waals surface area contributed by atoms with Crippen molar-refractivity contribution in [2.45, 2.75) is 26.7 Å². The number of benzene rings is 1. The summed E-state index contributed by atoms with van der Waals surface area (Å²) in [7, 11) is 1.34. The smallest absolute Gasteiger partial charge is 0.310 e. The van der Waals surface area contributed by atoms with Crippen LogP contribution in [0.1, 0.15) is 36.2 Å². The lowest BCUT2D eigenvalue weighted by Gasteiger charge is -2.25. The van der Waals surface area contributed by atoms with Gasteiger partial charge in [-0.05, 0) is 31.0 Å². The Morgan fingerprint density at radius 1 is 1.36 bits per heavy atom. The second kappa shape index (κ2) is 11.2. The molecule has 0 spiro atoms. The molecule has 0 aliphatic heterocycles. The Bertz CT molecular complexity index is 610. The molecule has 0 radical (unpaired) electrons. The quantitative estimate of drug-likeness (QED) is 0.480. The zero-order chi connectivity index (χ0) is 18.7. The molecule has 0 aliphatic rings. The first-order valence-corrected chi connectivity index (χ1v) is 8.44. The van der Waals surface area contributed by atoms with Gasteiger partial charge in [-0.1, -0.05) is 19.1 Å². The van der Waals surface area contributed by atoms with Crippen LogP contribution in [0.15, 0.2) is 24.3 Å². The minimum absolute atomic E-state index is 0.160. The van der Waals surface area contributed by atoms with Crippen LogP contribution in [0.5, 0.6) is 0 Å². The first kappa shape index (κ1) is 20.7. The highest BCUT2D eigenvalue weighted by Gasteiger charge is 2.22. The summed E-state index contributed by atoms with van der Waals surface area (Å²) in [5.41, 5.74) is 1.31. The SMILES string of the molecule is CCOCCCN(C[C@@H](C)C(=O)OC)C(=O)c1cccc(CC#N)c1. The number of ether oxygens (including phenoxy) is 2. The molecule has 6 nitrogen and oxygen atoms in total. The highest BCUT2D eigenvalue weighted by atomic mass is 16.5. The van der Waals surface area contributed by atoms with Crippen molar-refractivity contribution >= 4 is 11.9 Å². The Kier molecular flexibility index (Phi) is 9.26. The van der Waals surface area contributed by atoms with Gasteiger partial charge < -0.3 is 14.4 Å². The fourth-order valence-electron chi connectivity index (χ4n) is 2.47. The zero-order valence-corrected chi connectivity index (χ0v) is 15.2. The van der Waals surface area contributed by atoms with E-state index >= 15 is 0 Å².